The molecule has 2 aromatic heterocycles. The van der Waals surface area contributed by atoms with E-state index < -0.39 is 0 Å². The largest absolute Gasteiger partial charge is 0.489 e. The number of anilines is 2. The molecule has 29 heavy (non-hydrogen) atoms. The number of nitrogens with zero attached hydrogens (tertiary/aromatic N) is 5. The average molecular weight is 452 g/mol. The molecule has 8 nitrogen and oxygen atoms in total. The highest BCUT2D eigenvalue weighted by Crippen LogP contribution is 2.37. The van der Waals surface area contributed by atoms with Crippen molar-refractivity contribution in [1.29, 1.82) is 5.26 Å². The van der Waals surface area contributed by atoms with Crippen molar-refractivity contribution in [2.24, 2.45) is 0 Å². The Morgan fingerprint density at radius 3 is 2.93 bits per heavy atom. The minimum absolute atomic E-state index is 0.0724. The Labute approximate surface area is 174 Å². The molecule has 2 aromatic carbocycles. The third-order valence-electron chi connectivity index (χ3n) is 5.38. The third-order valence-corrected chi connectivity index (χ3v) is 6.02. The first-order chi connectivity index (χ1) is 14.1. The van der Waals surface area contributed by atoms with E-state index in [0.29, 0.717) is 35.3 Å². The van der Waals surface area contributed by atoms with Gasteiger partial charge in [0.05, 0.1) is 28.7 Å². The van der Waals surface area contributed by atoms with Crippen molar-refractivity contribution in [2.45, 2.75) is 25.4 Å². The van der Waals surface area contributed by atoms with Crippen LogP contribution in [-0.4, -0.2) is 25.7 Å². The molecule has 0 spiro atoms. The van der Waals surface area contributed by atoms with Crippen molar-refractivity contribution in [3.63, 3.8) is 0 Å². The maximum Gasteiger partial charge on any atom is 0.201 e. The second kappa shape index (κ2) is 6.67. The van der Waals surface area contributed by atoms with Gasteiger partial charge >= 0.3 is 0 Å². The molecule has 0 saturated carbocycles. The SMILES string of the molecule is N#Cc1cc2c3c(c1)nc(N)n3[C@@H](CCCn1c(N)nc3c(Br)cccc31)CO2. The number of ether oxygens (including phenoxy) is 1. The van der Waals surface area contributed by atoms with Crippen molar-refractivity contribution >= 4 is 49.9 Å². The van der Waals surface area contributed by atoms with Crippen LogP contribution in [0.1, 0.15) is 24.4 Å². The highest BCUT2D eigenvalue weighted by Gasteiger charge is 2.26. The normalized spacial score (nSPS) is 15.5. The maximum absolute atomic E-state index is 9.19. The van der Waals surface area contributed by atoms with Crippen LogP contribution in [0.3, 0.4) is 0 Å². The molecule has 146 valence electrons. The van der Waals surface area contributed by atoms with Crippen LogP contribution in [-0.2, 0) is 6.54 Å². The second-order valence-electron chi connectivity index (χ2n) is 7.13. The summed E-state index contributed by atoms with van der Waals surface area (Å²) in [6, 6.07) is 11.7. The predicted molar refractivity (Wildman–Crippen MR) is 114 cm³/mol. The van der Waals surface area contributed by atoms with Gasteiger partial charge in [0.2, 0.25) is 11.9 Å². The summed E-state index contributed by atoms with van der Waals surface area (Å²) >= 11 is 3.53. The predicted octanol–water partition coefficient (Wildman–Crippen LogP) is 3.60. The molecule has 1 aliphatic heterocycles. The highest BCUT2D eigenvalue weighted by molar-refractivity contribution is 9.10. The summed E-state index contributed by atoms with van der Waals surface area (Å²) in [6.07, 6.45) is 1.73. The monoisotopic (exact) mass is 451 g/mol. The number of hydrogen-bond acceptors (Lipinski definition) is 6. The number of aryl methyl sites for hydroxylation is 1. The Morgan fingerprint density at radius 2 is 2.10 bits per heavy atom. The van der Waals surface area contributed by atoms with Gasteiger partial charge in [-0.25, -0.2) is 9.97 Å². The van der Waals surface area contributed by atoms with E-state index in [2.05, 4.69) is 32.0 Å². The molecule has 4 N–H and O–H groups in total. The van der Waals surface area contributed by atoms with E-state index in [1.165, 1.54) is 0 Å². The molecule has 4 aromatic rings. The quantitative estimate of drug-likeness (QED) is 0.488. The van der Waals surface area contributed by atoms with Crippen molar-refractivity contribution < 1.29 is 4.74 Å². The van der Waals surface area contributed by atoms with E-state index in [9.17, 15) is 5.26 Å². The molecule has 1 aliphatic rings. The van der Waals surface area contributed by atoms with Crippen LogP contribution in [0, 0.1) is 11.3 Å². The molecule has 0 aliphatic carbocycles. The number of para-hydroxylation sites is 1. The minimum Gasteiger partial charge on any atom is -0.489 e. The second-order valence-corrected chi connectivity index (χ2v) is 7.98. The Morgan fingerprint density at radius 1 is 1.24 bits per heavy atom. The summed E-state index contributed by atoms with van der Waals surface area (Å²) in [5.74, 6) is 1.61. The van der Waals surface area contributed by atoms with Crippen LogP contribution in [0.15, 0.2) is 34.8 Å². The number of rotatable bonds is 4. The Balaban J connectivity index is 1.40. The van der Waals surface area contributed by atoms with Gasteiger partial charge in [-0.1, -0.05) is 6.07 Å². The van der Waals surface area contributed by atoms with E-state index in [1.54, 1.807) is 12.1 Å². The summed E-state index contributed by atoms with van der Waals surface area (Å²) < 4.78 is 10.9. The Bertz CT molecular complexity index is 1300. The summed E-state index contributed by atoms with van der Waals surface area (Å²) in [5, 5.41) is 9.19. The first kappa shape index (κ1) is 17.8. The zero-order chi connectivity index (χ0) is 20.1. The molecule has 9 heteroatoms. The lowest BCUT2D eigenvalue weighted by atomic mass is 10.1. The number of aromatic nitrogens is 4. The van der Waals surface area contributed by atoms with E-state index in [4.69, 9.17) is 16.2 Å². The summed E-state index contributed by atoms with van der Waals surface area (Å²) in [4.78, 5) is 8.90. The minimum atomic E-state index is 0.0724. The van der Waals surface area contributed by atoms with Crippen molar-refractivity contribution in [1.82, 2.24) is 19.1 Å². The third kappa shape index (κ3) is 2.79. The zero-order valence-corrected chi connectivity index (χ0v) is 17.1. The molecular weight excluding hydrogens is 434 g/mol. The van der Waals surface area contributed by atoms with Crippen LogP contribution < -0.4 is 16.2 Å². The fraction of sp³-hybridized carbons (Fsp3) is 0.250. The topological polar surface area (TPSA) is 121 Å². The molecule has 0 saturated heterocycles. The zero-order valence-electron chi connectivity index (χ0n) is 15.5. The number of hydrogen-bond donors (Lipinski definition) is 2. The molecule has 0 unspecified atom stereocenters. The number of imidazole rings is 2. The van der Waals surface area contributed by atoms with Crippen LogP contribution in [0.25, 0.3) is 22.1 Å². The van der Waals surface area contributed by atoms with Crippen LogP contribution in [0.5, 0.6) is 5.75 Å². The fourth-order valence-electron chi connectivity index (χ4n) is 4.08. The molecule has 3 heterocycles. The van der Waals surface area contributed by atoms with Gasteiger partial charge in [-0.15, -0.1) is 0 Å². The molecule has 5 rings (SSSR count). The maximum atomic E-state index is 9.19. The summed E-state index contributed by atoms with van der Waals surface area (Å²) in [6.45, 7) is 1.23. The van der Waals surface area contributed by atoms with Crippen molar-refractivity contribution in [3.8, 4) is 11.8 Å². The van der Waals surface area contributed by atoms with Gasteiger partial charge in [0, 0.05) is 17.1 Å². The van der Waals surface area contributed by atoms with E-state index in [-0.39, 0.29) is 6.04 Å². The summed E-state index contributed by atoms with van der Waals surface area (Å²) in [5.41, 5.74) is 16.3. The van der Waals surface area contributed by atoms with Gasteiger partial charge in [0.1, 0.15) is 23.4 Å². The lowest BCUT2D eigenvalue weighted by molar-refractivity contribution is 0.226. The average Bonchev–Trinajstić information content (AvgIpc) is 3.22. The number of nitrogens with two attached hydrogens (primary N) is 2. The van der Waals surface area contributed by atoms with E-state index in [1.807, 2.05) is 27.3 Å². The number of benzene rings is 2. The van der Waals surface area contributed by atoms with Gasteiger partial charge in [-0.2, -0.15) is 5.26 Å². The van der Waals surface area contributed by atoms with Crippen LogP contribution in [0.4, 0.5) is 11.9 Å². The van der Waals surface area contributed by atoms with Crippen molar-refractivity contribution in [3.05, 3.63) is 40.4 Å². The Hall–Kier alpha value is -3.25. The number of nitriles is 1. The Kier molecular flexibility index (Phi) is 4.10. The number of fused-ring (bicyclic) bond motifs is 1. The molecule has 1 atom stereocenters. The fourth-order valence-corrected chi connectivity index (χ4v) is 4.52. The molecule has 0 amide bonds. The number of halogens is 1. The van der Waals surface area contributed by atoms with Gasteiger partial charge in [0.15, 0.2) is 0 Å². The lowest BCUT2D eigenvalue weighted by Crippen LogP contribution is -2.23. The molecular formula is C20H18BrN7O. The van der Waals surface area contributed by atoms with Gasteiger partial charge in [-0.05, 0) is 47.0 Å². The number of nitrogen functional groups attached to an aromatic ring is 2. The highest BCUT2D eigenvalue weighted by atomic mass is 79.9. The van der Waals surface area contributed by atoms with Gasteiger partial charge < -0.3 is 25.3 Å². The van der Waals surface area contributed by atoms with Crippen LogP contribution in [0.2, 0.25) is 0 Å². The first-order valence-electron chi connectivity index (χ1n) is 9.31. The smallest absolute Gasteiger partial charge is 0.201 e. The van der Waals surface area contributed by atoms with Gasteiger partial charge in [-0.3, -0.25) is 0 Å². The van der Waals surface area contributed by atoms with E-state index >= 15 is 0 Å². The van der Waals surface area contributed by atoms with E-state index in [0.717, 1.165) is 40.4 Å². The molecule has 0 bridgehead atoms. The molecule has 0 radical (unpaired) electrons. The summed E-state index contributed by atoms with van der Waals surface area (Å²) in [7, 11) is 0. The molecule has 0 fully saturated rings. The van der Waals surface area contributed by atoms with Gasteiger partial charge in [0.25, 0.3) is 0 Å². The lowest BCUT2D eigenvalue weighted by Gasteiger charge is -2.26. The standard InChI is InChI=1S/C20H18BrN7O/c21-13-4-1-5-15-17(13)26-19(23)27(15)6-2-3-12-10-29-16-8-11(9-22)7-14-18(16)28(12)20(24)25-14/h1,4-5,7-8,12H,2-3,6,10H2,(H2,23,26)(H2,24,25)/t12-/m0/s1. The first-order valence-corrected chi connectivity index (χ1v) is 10.1. The van der Waals surface area contributed by atoms with Crippen molar-refractivity contribution in [2.75, 3.05) is 18.1 Å². The van der Waals surface area contributed by atoms with Crippen LogP contribution >= 0.6 is 15.9 Å².